The molecule has 262 valence electrons. The molecule has 8 nitrogen and oxygen atoms in total. The number of carbonyl (C=O) groups excluding carboxylic acids is 1. The fourth-order valence-electron chi connectivity index (χ4n) is 7.29. The quantitative estimate of drug-likeness (QED) is 0.0634. The molecule has 0 bridgehead atoms. The Hall–Kier alpha value is -1.03. The molecular formula is C37H66O8. The second-order valence-corrected chi connectivity index (χ2v) is 14.2. The van der Waals surface area contributed by atoms with E-state index in [2.05, 4.69) is 6.92 Å². The first-order chi connectivity index (χ1) is 21.8. The molecule has 0 aromatic carbocycles. The number of aliphatic hydroxyl groups excluding tert-OH is 4. The lowest BCUT2D eigenvalue weighted by Gasteiger charge is -2.24. The topological polar surface area (TPSA) is 126 Å². The molecule has 0 aromatic rings. The summed E-state index contributed by atoms with van der Waals surface area (Å²) < 4.78 is 17.3. The van der Waals surface area contributed by atoms with Crippen LogP contribution in [0.15, 0.2) is 11.6 Å². The highest BCUT2D eigenvalue weighted by molar-refractivity contribution is 5.90. The van der Waals surface area contributed by atoms with Gasteiger partial charge in [0.1, 0.15) is 6.10 Å². The summed E-state index contributed by atoms with van der Waals surface area (Å²) in [6.45, 7) is 4.07. The highest BCUT2D eigenvalue weighted by Crippen LogP contribution is 2.31. The third-order valence-corrected chi connectivity index (χ3v) is 10.1. The number of aliphatic hydroxyl groups is 4. The van der Waals surface area contributed by atoms with Crippen LogP contribution in [0.2, 0.25) is 0 Å². The first-order valence-electron chi connectivity index (χ1n) is 18.7. The number of ether oxygens (including phenoxy) is 3. The maximum atomic E-state index is 11.7. The van der Waals surface area contributed by atoms with Gasteiger partial charge in [0.25, 0.3) is 0 Å². The standard InChI is InChI=1S/C37H66O8/c1-3-4-5-6-7-8-12-15-18-31(39)35-23-24-36(45-35)33(41)21-20-32(40)34-22-19-30(44-34)17-14-11-9-10-13-16-29(38)26-28-25-27(2)43-37(28)42/h25,27,29-36,38-41H,3-24,26H2,1-2H3/t27-,29+,30+,31-,32-,33-,34-,35+,36-/m0/s1. The maximum absolute atomic E-state index is 11.7. The van der Waals surface area contributed by atoms with E-state index in [0.29, 0.717) is 31.3 Å². The molecule has 2 fully saturated rings. The van der Waals surface area contributed by atoms with E-state index in [0.717, 1.165) is 83.5 Å². The number of unbranched alkanes of at least 4 members (excludes halogenated alkanes) is 11. The SMILES string of the molecule is CCCCCCCCCC[C@H](O)[C@H]1CC[C@@H]([C@@H](O)CC[C@H](O)[C@@H]2CC[C@@H](CCCCCCC[C@@H](O)CC3=C[C@H](C)OC3=O)O2)O1. The normalized spacial score (nSPS) is 27.8. The first-order valence-corrected chi connectivity index (χ1v) is 18.7. The molecule has 3 rings (SSSR count). The molecule has 4 N–H and O–H groups in total. The van der Waals surface area contributed by atoms with Gasteiger partial charge < -0.3 is 34.6 Å². The van der Waals surface area contributed by atoms with Crippen LogP contribution >= 0.6 is 0 Å². The van der Waals surface area contributed by atoms with Gasteiger partial charge in [-0.05, 0) is 70.8 Å². The van der Waals surface area contributed by atoms with E-state index < -0.39 is 24.4 Å². The lowest BCUT2D eigenvalue weighted by atomic mass is 9.98. The van der Waals surface area contributed by atoms with Crippen LogP contribution in [0.1, 0.15) is 162 Å². The fourth-order valence-corrected chi connectivity index (χ4v) is 7.29. The average Bonchev–Trinajstić information content (AvgIpc) is 3.77. The van der Waals surface area contributed by atoms with Crippen LogP contribution in [0.5, 0.6) is 0 Å². The van der Waals surface area contributed by atoms with E-state index >= 15 is 0 Å². The second kappa shape index (κ2) is 21.8. The molecule has 0 radical (unpaired) electrons. The Bertz CT molecular complexity index is 833. The van der Waals surface area contributed by atoms with Crippen LogP contribution in [-0.4, -0.2) is 81.3 Å². The third-order valence-electron chi connectivity index (χ3n) is 10.1. The van der Waals surface area contributed by atoms with Gasteiger partial charge in [-0.15, -0.1) is 0 Å². The van der Waals surface area contributed by atoms with E-state index in [-0.39, 0.29) is 36.5 Å². The van der Waals surface area contributed by atoms with Crippen molar-refractivity contribution in [3.8, 4) is 0 Å². The minimum Gasteiger partial charge on any atom is -0.455 e. The van der Waals surface area contributed by atoms with Crippen molar-refractivity contribution in [3.05, 3.63) is 11.6 Å². The summed E-state index contributed by atoms with van der Waals surface area (Å²) in [5, 5.41) is 42.4. The zero-order chi connectivity index (χ0) is 32.4. The van der Waals surface area contributed by atoms with Gasteiger partial charge >= 0.3 is 5.97 Å². The molecule has 0 aromatic heterocycles. The smallest absolute Gasteiger partial charge is 0.334 e. The Morgan fingerprint density at radius 2 is 1.18 bits per heavy atom. The zero-order valence-corrected chi connectivity index (χ0v) is 28.5. The molecule has 2 saturated heterocycles. The summed E-state index contributed by atoms with van der Waals surface area (Å²) in [5.41, 5.74) is 0.600. The van der Waals surface area contributed by atoms with Crippen molar-refractivity contribution in [2.24, 2.45) is 0 Å². The number of esters is 1. The lowest BCUT2D eigenvalue weighted by Crippen LogP contribution is -2.33. The molecule has 0 spiro atoms. The molecule has 3 aliphatic rings. The van der Waals surface area contributed by atoms with Gasteiger partial charge in [0.15, 0.2) is 0 Å². The highest BCUT2D eigenvalue weighted by Gasteiger charge is 2.36. The molecule has 3 aliphatic heterocycles. The summed E-state index contributed by atoms with van der Waals surface area (Å²) >= 11 is 0. The molecule has 3 heterocycles. The average molecular weight is 639 g/mol. The molecule has 45 heavy (non-hydrogen) atoms. The van der Waals surface area contributed by atoms with E-state index in [4.69, 9.17) is 14.2 Å². The molecule has 0 unspecified atom stereocenters. The van der Waals surface area contributed by atoms with Gasteiger partial charge in [0.2, 0.25) is 0 Å². The van der Waals surface area contributed by atoms with Crippen molar-refractivity contribution in [1.82, 2.24) is 0 Å². The Labute approximate surface area is 273 Å². The number of rotatable bonds is 25. The Morgan fingerprint density at radius 3 is 1.78 bits per heavy atom. The van der Waals surface area contributed by atoms with Gasteiger partial charge in [-0.25, -0.2) is 4.79 Å². The Morgan fingerprint density at radius 1 is 0.667 bits per heavy atom. The fraction of sp³-hybridized carbons (Fsp3) is 0.919. The summed E-state index contributed by atoms with van der Waals surface area (Å²) in [6.07, 6.45) is 21.6. The van der Waals surface area contributed by atoms with Crippen LogP contribution in [-0.2, 0) is 19.0 Å². The van der Waals surface area contributed by atoms with Gasteiger partial charge in [-0.2, -0.15) is 0 Å². The summed E-state index contributed by atoms with van der Waals surface area (Å²) in [6, 6.07) is 0. The van der Waals surface area contributed by atoms with Gasteiger partial charge in [0.05, 0.1) is 48.8 Å². The van der Waals surface area contributed by atoms with Gasteiger partial charge in [-0.3, -0.25) is 0 Å². The van der Waals surface area contributed by atoms with Crippen LogP contribution < -0.4 is 0 Å². The molecule has 0 saturated carbocycles. The minimum absolute atomic E-state index is 0.162. The molecule has 9 atom stereocenters. The monoisotopic (exact) mass is 638 g/mol. The summed E-state index contributed by atoms with van der Waals surface area (Å²) in [5.74, 6) is -0.295. The van der Waals surface area contributed by atoms with Crippen LogP contribution in [0.25, 0.3) is 0 Å². The van der Waals surface area contributed by atoms with Crippen molar-refractivity contribution in [1.29, 1.82) is 0 Å². The highest BCUT2D eigenvalue weighted by atomic mass is 16.5. The molecular weight excluding hydrogens is 572 g/mol. The second-order valence-electron chi connectivity index (χ2n) is 14.2. The molecule has 0 aliphatic carbocycles. The van der Waals surface area contributed by atoms with Crippen LogP contribution in [0.4, 0.5) is 0 Å². The van der Waals surface area contributed by atoms with E-state index in [1.807, 2.05) is 6.92 Å². The van der Waals surface area contributed by atoms with Crippen molar-refractivity contribution in [2.45, 2.75) is 216 Å². The number of hydrogen-bond donors (Lipinski definition) is 4. The Kier molecular flexibility index (Phi) is 18.6. The van der Waals surface area contributed by atoms with Crippen LogP contribution in [0, 0.1) is 0 Å². The molecule has 8 heteroatoms. The molecule has 0 amide bonds. The van der Waals surface area contributed by atoms with Crippen molar-refractivity contribution in [2.75, 3.05) is 0 Å². The largest absolute Gasteiger partial charge is 0.455 e. The predicted molar refractivity (Wildman–Crippen MR) is 177 cm³/mol. The lowest BCUT2D eigenvalue weighted by molar-refractivity contribution is -0.139. The van der Waals surface area contributed by atoms with Crippen molar-refractivity contribution in [3.63, 3.8) is 0 Å². The number of hydrogen-bond acceptors (Lipinski definition) is 8. The summed E-state index contributed by atoms with van der Waals surface area (Å²) in [4.78, 5) is 11.7. The Balaban J connectivity index is 1.16. The first kappa shape index (κ1) is 38.4. The third kappa shape index (κ3) is 14.7. The van der Waals surface area contributed by atoms with Crippen molar-refractivity contribution >= 4 is 5.97 Å². The predicted octanol–water partition coefficient (Wildman–Crippen LogP) is 6.83. The van der Waals surface area contributed by atoms with Gasteiger partial charge in [0, 0.05) is 12.0 Å². The number of carbonyl (C=O) groups is 1. The van der Waals surface area contributed by atoms with Crippen LogP contribution in [0.3, 0.4) is 0 Å². The van der Waals surface area contributed by atoms with E-state index in [1.165, 1.54) is 38.5 Å². The van der Waals surface area contributed by atoms with E-state index in [1.54, 1.807) is 6.08 Å². The minimum atomic E-state index is -0.627. The summed E-state index contributed by atoms with van der Waals surface area (Å²) in [7, 11) is 0. The maximum Gasteiger partial charge on any atom is 0.334 e. The van der Waals surface area contributed by atoms with Gasteiger partial charge in [-0.1, -0.05) is 90.4 Å². The van der Waals surface area contributed by atoms with E-state index in [9.17, 15) is 25.2 Å². The van der Waals surface area contributed by atoms with Crippen molar-refractivity contribution < 1.29 is 39.4 Å². The number of cyclic esters (lactones) is 1. The zero-order valence-electron chi connectivity index (χ0n) is 28.5.